The fourth-order valence-electron chi connectivity index (χ4n) is 2.77. The number of rotatable bonds is 4. The molecule has 7 heteroatoms. The number of hydrogen-bond acceptors (Lipinski definition) is 6. The molecule has 0 amide bonds. The molecule has 0 spiro atoms. The van der Waals surface area contributed by atoms with Gasteiger partial charge in [-0.05, 0) is 35.4 Å². The zero-order valence-corrected chi connectivity index (χ0v) is 14.0. The summed E-state index contributed by atoms with van der Waals surface area (Å²) >= 11 is 0. The molecule has 2 aromatic carbocycles. The summed E-state index contributed by atoms with van der Waals surface area (Å²) in [5.74, 6) is 0.910. The maximum absolute atomic E-state index is 12.6. The van der Waals surface area contributed by atoms with Crippen molar-refractivity contribution in [1.29, 1.82) is 0 Å². The smallest absolute Gasteiger partial charge is 0.273 e. The molecule has 2 aromatic rings. The Morgan fingerprint density at radius 1 is 1.19 bits per heavy atom. The Labute approximate surface area is 149 Å². The molecule has 2 heterocycles. The summed E-state index contributed by atoms with van der Waals surface area (Å²) in [4.78, 5) is 17.4. The number of carbonyl (C=O) groups is 1. The van der Waals surface area contributed by atoms with Crippen molar-refractivity contribution in [3.63, 3.8) is 0 Å². The SMILES string of the molecule is Cc1ccc([N+]2=NOC([O-])C2C(=O)/C=C/c2ccc3c(c2)OCO3)cc1. The third-order valence-corrected chi connectivity index (χ3v) is 4.19. The first kappa shape index (κ1) is 16.3. The molecule has 0 N–H and O–H groups in total. The fourth-order valence-corrected chi connectivity index (χ4v) is 2.77. The summed E-state index contributed by atoms with van der Waals surface area (Å²) in [6.45, 7) is 2.14. The van der Waals surface area contributed by atoms with Crippen LogP contribution in [0.3, 0.4) is 0 Å². The van der Waals surface area contributed by atoms with Gasteiger partial charge < -0.3 is 19.4 Å². The third kappa shape index (κ3) is 3.04. The van der Waals surface area contributed by atoms with Crippen molar-refractivity contribution in [3.8, 4) is 11.5 Å². The van der Waals surface area contributed by atoms with E-state index in [9.17, 15) is 9.90 Å². The molecule has 7 nitrogen and oxygen atoms in total. The van der Waals surface area contributed by atoms with Gasteiger partial charge in [-0.25, -0.2) is 0 Å². The van der Waals surface area contributed by atoms with Crippen LogP contribution in [0, 0.1) is 6.92 Å². The molecule has 132 valence electrons. The van der Waals surface area contributed by atoms with E-state index in [-0.39, 0.29) is 12.6 Å². The first-order valence-corrected chi connectivity index (χ1v) is 8.12. The highest BCUT2D eigenvalue weighted by molar-refractivity contribution is 5.97. The third-order valence-electron chi connectivity index (χ3n) is 4.19. The zero-order chi connectivity index (χ0) is 18.1. The highest BCUT2D eigenvalue weighted by Crippen LogP contribution is 2.33. The van der Waals surface area contributed by atoms with Gasteiger partial charge in [-0.2, -0.15) is 0 Å². The molecule has 0 aliphatic carbocycles. The number of carbonyl (C=O) groups excluding carboxylic acids is 1. The summed E-state index contributed by atoms with van der Waals surface area (Å²) < 4.78 is 11.9. The minimum atomic E-state index is -1.58. The van der Waals surface area contributed by atoms with Gasteiger partial charge in [0.05, 0.1) is 0 Å². The summed E-state index contributed by atoms with van der Waals surface area (Å²) in [6.07, 6.45) is 1.41. The van der Waals surface area contributed by atoms with Gasteiger partial charge in [0.2, 0.25) is 18.3 Å². The van der Waals surface area contributed by atoms with Crippen LogP contribution in [0.25, 0.3) is 6.08 Å². The Hall–Kier alpha value is -3.19. The second-order valence-electron chi connectivity index (χ2n) is 6.03. The topological polar surface area (TPSA) is 83.2 Å². The Bertz CT molecular complexity index is 905. The second-order valence-corrected chi connectivity index (χ2v) is 6.03. The Morgan fingerprint density at radius 2 is 1.96 bits per heavy atom. The van der Waals surface area contributed by atoms with Crippen molar-refractivity contribution in [3.05, 3.63) is 59.7 Å². The van der Waals surface area contributed by atoms with E-state index in [1.165, 1.54) is 10.8 Å². The van der Waals surface area contributed by atoms with E-state index in [0.717, 1.165) is 11.1 Å². The van der Waals surface area contributed by atoms with Crippen LogP contribution in [0.4, 0.5) is 5.69 Å². The quantitative estimate of drug-likeness (QED) is 0.622. The normalized spacial score (nSPS) is 20.9. The number of ether oxygens (including phenoxy) is 2. The molecule has 2 aliphatic rings. The van der Waals surface area contributed by atoms with Crippen LogP contribution in [0.15, 0.2) is 53.8 Å². The zero-order valence-electron chi connectivity index (χ0n) is 14.0. The van der Waals surface area contributed by atoms with E-state index in [0.29, 0.717) is 17.2 Å². The lowest BCUT2D eigenvalue weighted by Gasteiger charge is -2.13. The van der Waals surface area contributed by atoms with Gasteiger partial charge in [0, 0.05) is 12.1 Å². The van der Waals surface area contributed by atoms with Crippen LogP contribution >= 0.6 is 0 Å². The monoisotopic (exact) mass is 352 g/mol. The van der Waals surface area contributed by atoms with Crippen LogP contribution in [-0.4, -0.2) is 29.6 Å². The lowest BCUT2D eigenvalue weighted by atomic mass is 10.1. The molecule has 0 aromatic heterocycles. The summed E-state index contributed by atoms with van der Waals surface area (Å²) in [5.41, 5.74) is 2.46. The van der Waals surface area contributed by atoms with Crippen molar-refractivity contribution in [1.82, 2.24) is 0 Å². The van der Waals surface area contributed by atoms with E-state index in [4.69, 9.17) is 14.3 Å². The number of aryl methyl sites for hydroxylation is 1. The van der Waals surface area contributed by atoms with Gasteiger partial charge in [-0.3, -0.25) is 4.79 Å². The van der Waals surface area contributed by atoms with Crippen molar-refractivity contribution < 1.29 is 28.9 Å². The van der Waals surface area contributed by atoms with Gasteiger partial charge in [-0.1, -0.05) is 29.8 Å². The minimum absolute atomic E-state index is 0.186. The Morgan fingerprint density at radius 3 is 2.77 bits per heavy atom. The van der Waals surface area contributed by atoms with Crippen LogP contribution in [0.2, 0.25) is 0 Å². The number of ketones is 1. The Balaban J connectivity index is 1.54. The first-order valence-electron chi connectivity index (χ1n) is 8.12. The molecule has 0 saturated carbocycles. The maximum atomic E-state index is 12.6. The van der Waals surface area contributed by atoms with Crippen molar-refractivity contribution >= 4 is 17.5 Å². The van der Waals surface area contributed by atoms with Gasteiger partial charge in [0.1, 0.15) is 6.29 Å². The first-order chi connectivity index (χ1) is 12.6. The van der Waals surface area contributed by atoms with Crippen LogP contribution in [-0.2, 0) is 9.63 Å². The number of nitrogens with zero attached hydrogens (tertiary/aromatic N) is 2. The standard InChI is InChI=1S/C19H16N2O5/c1-12-2-6-14(7-3-12)21-18(19(23)26-20-21)15(22)8-4-13-5-9-16-17(10-13)25-11-24-16/h2-10,18-19H,11H2,1H3/b8-4+. The largest absolute Gasteiger partial charge is 0.814 e. The predicted molar refractivity (Wildman–Crippen MR) is 88.8 cm³/mol. The highest BCUT2D eigenvalue weighted by Gasteiger charge is 2.41. The van der Waals surface area contributed by atoms with E-state index in [1.807, 2.05) is 19.1 Å². The second kappa shape index (κ2) is 6.61. The van der Waals surface area contributed by atoms with E-state index in [2.05, 4.69) is 5.28 Å². The molecule has 0 bridgehead atoms. The highest BCUT2D eigenvalue weighted by atomic mass is 16.7. The van der Waals surface area contributed by atoms with Crippen molar-refractivity contribution in [2.75, 3.05) is 6.79 Å². The summed E-state index contributed by atoms with van der Waals surface area (Å²) in [5, 5.41) is 15.8. The van der Waals surface area contributed by atoms with Crippen molar-refractivity contribution in [2.45, 2.75) is 19.3 Å². The number of benzene rings is 2. The average Bonchev–Trinajstić information content (AvgIpc) is 3.26. The lowest BCUT2D eigenvalue weighted by Crippen LogP contribution is -2.44. The molecule has 0 fully saturated rings. The molecule has 2 unspecified atom stereocenters. The van der Waals surface area contributed by atoms with Gasteiger partial charge >= 0.3 is 0 Å². The molecule has 26 heavy (non-hydrogen) atoms. The molecule has 4 rings (SSSR count). The van der Waals surface area contributed by atoms with E-state index < -0.39 is 12.3 Å². The molecule has 2 aliphatic heterocycles. The number of hydrogen-bond donors (Lipinski definition) is 0. The van der Waals surface area contributed by atoms with Gasteiger partial charge in [0.25, 0.3) is 6.04 Å². The summed E-state index contributed by atoms with van der Waals surface area (Å²) in [6, 6.07) is 11.6. The fraction of sp³-hybridized carbons (Fsp3) is 0.211. The molecule has 0 radical (unpaired) electrons. The van der Waals surface area contributed by atoms with Crippen LogP contribution < -0.4 is 14.6 Å². The van der Waals surface area contributed by atoms with Crippen molar-refractivity contribution in [2.24, 2.45) is 5.28 Å². The molecule has 0 saturated heterocycles. The predicted octanol–water partition coefficient (Wildman–Crippen LogP) is 2.10. The Kier molecular flexibility index (Phi) is 4.14. The van der Waals surface area contributed by atoms with Gasteiger partial charge in [0.15, 0.2) is 16.8 Å². The number of fused-ring (bicyclic) bond motifs is 1. The van der Waals surface area contributed by atoms with Crippen LogP contribution in [0.1, 0.15) is 11.1 Å². The average molecular weight is 352 g/mol. The summed E-state index contributed by atoms with van der Waals surface area (Å²) in [7, 11) is 0. The van der Waals surface area contributed by atoms with E-state index in [1.54, 1.807) is 36.4 Å². The maximum Gasteiger partial charge on any atom is 0.273 e. The lowest BCUT2D eigenvalue weighted by molar-refractivity contribution is -0.560. The minimum Gasteiger partial charge on any atom is -0.814 e. The molecular weight excluding hydrogens is 336 g/mol. The van der Waals surface area contributed by atoms with Gasteiger partial charge in [-0.15, -0.1) is 0 Å². The van der Waals surface area contributed by atoms with Crippen LogP contribution in [0.5, 0.6) is 11.5 Å². The molecule has 2 atom stereocenters. The van der Waals surface area contributed by atoms with E-state index >= 15 is 0 Å². The molecular formula is C19H16N2O5.